The van der Waals surface area contributed by atoms with E-state index >= 15 is 0 Å². The summed E-state index contributed by atoms with van der Waals surface area (Å²) in [5, 5.41) is 0. The van der Waals surface area contributed by atoms with Gasteiger partial charge in [-0.15, -0.1) is 0 Å². The molecule has 2 nitrogen and oxygen atoms in total. The molecule has 1 aromatic rings. The molecule has 1 rings (SSSR count). The van der Waals surface area contributed by atoms with E-state index in [9.17, 15) is 18.0 Å². The SMILES string of the molecule is CCCC(=O)CC(C)Cc1cc(C(F)(F)F)ccc1OC. The summed E-state index contributed by atoms with van der Waals surface area (Å²) in [4.78, 5) is 11.6. The monoisotopic (exact) mass is 302 g/mol. The zero-order valence-electron chi connectivity index (χ0n) is 12.6. The topological polar surface area (TPSA) is 26.3 Å². The fourth-order valence-electron chi connectivity index (χ4n) is 2.33. The average molecular weight is 302 g/mol. The number of carbonyl (C=O) groups excluding carboxylic acids is 1. The summed E-state index contributed by atoms with van der Waals surface area (Å²) in [6, 6.07) is 3.45. The quantitative estimate of drug-likeness (QED) is 0.732. The van der Waals surface area contributed by atoms with Gasteiger partial charge < -0.3 is 4.74 Å². The first-order valence-corrected chi connectivity index (χ1v) is 7.03. The lowest BCUT2D eigenvalue weighted by molar-refractivity contribution is -0.137. The van der Waals surface area contributed by atoms with Crippen LogP contribution < -0.4 is 4.74 Å². The smallest absolute Gasteiger partial charge is 0.416 e. The van der Waals surface area contributed by atoms with Crippen molar-refractivity contribution < 1.29 is 22.7 Å². The number of methoxy groups -OCH3 is 1. The number of ketones is 1. The number of carbonyl (C=O) groups is 1. The molecule has 21 heavy (non-hydrogen) atoms. The third-order valence-corrected chi connectivity index (χ3v) is 3.28. The standard InChI is InChI=1S/C16H21F3O2/c1-4-5-14(20)9-11(2)8-12-10-13(16(17,18)19)6-7-15(12)21-3/h6-7,10-11H,4-5,8-9H2,1-3H3. The van der Waals surface area contributed by atoms with Crippen LogP contribution in [-0.2, 0) is 17.4 Å². The van der Waals surface area contributed by atoms with E-state index in [-0.39, 0.29) is 11.7 Å². The van der Waals surface area contributed by atoms with Crippen molar-refractivity contribution in [2.24, 2.45) is 5.92 Å². The van der Waals surface area contributed by atoms with Gasteiger partial charge in [-0.3, -0.25) is 4.79 Å². The molecule has 0 saturated heterocycles. The molecule has 0 heterocycles. The van der Waals surface area contributed by atoms with Gasteiger partial charge in [-0.1, -0.05) is 13.8 Å². The zero-order valence-corrected chi connectivity index (χ0v) is 12.6. The van der Waals surface area contributed by atoms with Gasteiger partial charge in [0.1, 0.15) is 11.5 Å². The maximum Gasteiger partial charge on any atom is 0.416 e. The number of halogens is 3. The number of hydrogen-bond acceptors (Lipinski definition) is 2. The van der Waals surface area contributed by atoms with Gasteiger partial charge in [0.05, 0.1) is 12.7 Å². The summed E-state index contributed by atoms with van der Waals surface area (Å²) in [6.45, 7) is 3.80. The van der Waals surface area contributed by atoms with E-state index in [1.54, 1.807) is 0 Å². The summed E-state index contributed by atoms with van der Waals surface area (Å²) in [5.41, 5.74) is -0.200. The number of hydrogen-bond donors (Lipinski definition) is 0. The second kappa shape index (κ2) is 7.48. The second-order valence-corrected chi connectivity index (χ2v) is 5.33. The van der Waals surface area contributed by atoms with Crippen molar-refractivity contribution in [3.63, 3.8) is 0 Å². The van der Waals surface area contributed by atoms with E-state index in [2.05, 4.69) is 0 Å². The summed E-state index contributed by atoms with van der Waals surface area (Å²) in [7, 11) is 1.43. The van der Waals surface area contributed by atoms with Crippen LogP contribution in [-0.4, -0.2) is 12.9 Å². The van der Waals surface area contributed by atoms with Crippen LogP contribution in [0.1, 0.15) is 44.2 Å². The molecule has 0 aliphatic heterocycles. The Bertz CT molecular complexity index is 481. The Morgan fingerprint density at radius 3 is 2.52 bits per heavy atom. The highest BCUT2D eigenvalue weighted by atomic mass is 19.4. The molecule has 1 aromatic carbocycles. The molecule has 0 fully saturated rings. The molecule has 0 aromatic heterocycles. The van der Waals surface area contributed by atoms with Crippen LogP contribution in [0.3, 0.4) is 0 Å². The minimum atomic E-state index is -4.37. The number of Topliss-reactive ketones (excluding diaryl/α,β-unsaturated/α-hetero) is 1. The van der Waals surface area contributed by atoms with Gasteiger partial charge in [-0.2, -0.15) is 13.2 Å². The fraction of sp³-hybridized carbons (Fsp3) is 0.562. The lowest BCUT2D eigenvalue weighted by Crippen LogP contribution is -2.10. The van der Waals surface area contributed by atoms with E-state index in [0.717, 1.165) is 18.6 Å². The Morgan fingerprint density at radius 1 is 1.33 bits per heavy atom. The van der Waals surface area contributed by atoms with Crippen molar-refractivity contribution in [2.75, 3.05) is 7.11 Å². The van der Waals surface area contributed by atoms with Crippen LogP contribution in [0.15, 0.2) is 18.2 Å². The number of rotatable bonds is 7. The highest BCUT2D eigenvalue weighted by Crippen LogP contribution is 2.33. The van der Waals surface area contributed by atoms with Gasteiger partial charge in [0.15, 0.2) is 0 Å². The second-order valence-electron chi connectivity index (χ2n) is 5.33. The van der Waals surface area contributed by atoms with Crippen molar-refractivity contribution in [2.45, 2.75) is 45.7 Å². The van der Waals surface area contributed by atoms with Crippen molar-refractivity contribution in [1.82, 2.24) is 0 Å². The number of alkyl halides is 3. The van der Waals surface area contributed by atoms with E-state index in [4.69, 9.17) is 4.74 Å². The lowest BCUT2D eigenvalue weighted by Gasteiger charge is -2.16. The molecule has 0 aliphatic rings. The summed E-state index contributed by atoms with van der Waals surface area (Å²) >= 11 is 0. The molecule has 0 bridgehead atoms. The molecular formula is C16H21F3O2. The molecule has 0 spiro atoms. The number of ether oxygens (including phenoxy) is 1. The Hall–Kier alpha value is -1.52. The van der Waals surface area contributed by atoms with Crippen LogP contribution in [0.5, 0.6) is 5.75 Å². The Morgan fingerprint density at radius 2 is 2.00 bits per heavy atom. The van der Waals surface area contributed by atoms with Gasteiger partial charge in [0, 0.05) is 12.8 Å². The van der Waals surface area contributed by atoms with Crippen LogP contribution in [0.25, 0.3) is 0 Å². The van der Waals surface area contributed by atoms with E-state index in [1.165, 1.54) is 13.2 Å². The minimum Gasteiger partial charge on any atom is -0.496 e. The molecule has 0 aliphatic carbocycles. The first-order valence-electron chi connectivity index (χ1n) is 7.03. The van der Waals surface area contributed by atoms with Crippen molar-refractivity contribution in [1.29, 1.82) is 0 Å². The van der Waals surface area contributed by atoms with Crippen molar-refractivity contribution >= 4 is 5.78 Å². The first kappa shape index (κ1) is 17.5. The average Bonchev–Trinajstić information content (AvgIpc) is 2.37. The summed E-state index contributed by atoms with van der Waals surface area (Å²) in [6.07, 6.45) is -2.29. The Balaban J connectivity index is 2.87. The largest absolute Gasteiger partial charge is 0.496 e. The van der Waals surface area contributed by atoms with Gasteiger partial charge >= 0.3 is 6.18 Å². The highest BCUT2D eigenvalue weighted by Gasteiger charge is 2.31. The molecule has 1 unspecified atom stereocenters. The molecule has 118 valence electrons. The third kappa shape index (κ3) is 5.40. The predicted molar refractivity (Wildman–Crippen MR) is 75.4 cm³/mol. The van der Waals surface area contributed by atoms with Gasteiger partial charge in [-0.25, -0.2) is 0 Å². The van der Waals surface area contributed by atoms with Crippen LogP contribution in [0.2, 0.25) is 0 Å². The van der Waals surface area contributed by atoms with Gasteiger partial charge in [-0.05, 0) is 42.5 Å². The van der Waals surface area contributed by atoms with Crippen molar-refractivity contribution in [3.8, 4) is 5.75 Å². The lowest BCUT2D eigenvalue weighted by atomic mass is 9.93. The summed E-state index contributed by atoms with van der Waals surface area (Å²) < 4.78 is 43.4. The first-order chi connectivity index (χ1) is 9.77. The molecule has 0 radical (unpaired) electrons. The van der Waals surface area contributed by atoms with Crippen LogP contribution >= 0.6 is 0 Å². The zero-order chi connectivity index (χ0) is 16.0. The predicted octanol–water partition coefficient (Wildman–Crippen LogP) is 4.65. The van der Waals surface area contributed by atoms with E-state index in [1.807, 2.05) is 13.8 Å². The molecular weight excluding hydrogens is 281 g/mol. The van der Waals surface area contributed by atoms with Crippen molar-refractivity contribution in [3.05, 3.63) is 29.3 Å². The van der Waals surface area contributed by atoms with Gasteiger partial charge in [0.25, 0.3) is 0 Å². The normalized spacial score (nSPS) is 13.0. The maximum absolute atomic E-state index is 12.8. The van der Waals surface area contributed by atoms with E-state index < -0.39 is 11.7 Å². The molecule has 1 atom stereocenters. The fourth-order valence-corrected chi connectivity index (χ4v) is 2.33. The van der Waals surface area contributed by atoms with Gasteiger partial charge in [0.2, 0.25) is 0 Å². The Labute approximate surface area is 123 Å². The molecule has 0 N–H and O–H groups in total. The molecule has 5 heteroatoms. The highest BCUT2D eigenvalue weighted by molar-refractivity contribution is 5.78. The summed E-state index contributed by atoms with van der Waals surface area (Å²) in [5.74, 6) is 0.565. The van der Waals surface area contributed by atoms with Crippen LogP contribution in [0, 0.1) is 5.92 Å². The molecule has 0 saturated carbocycles. The Kier molecular flexibility index (Phi) is 6.24. The van der Waals surface area contributed by atoms with E-state index in [0.29, 0.717) is 30.6 Å². The minimum absolute atomic E-state index is 0.0126. The number of benzene rings is 1. The molecule has 0 amide bonds. The third-order valence-electron chi connectivity index (χ3n) is 3.28. The van der Waals surface area contributed by atoms with Crippen LogP contribution in [0.4, 0.5) is 13.2 Å². The maximum atomic E-state index is 12.8.